The molecule has 0 fully saturated rings. The molecule has 0 spiro atoms. The molecule has 0 radical (unpaired) electrons. The molecule has 1 aromatic heterocycles. The van der Waals surface area contributed by atoms with Gasteiger partial charge in [-0.05, 0) is 42.3 Å². The number of hydrogen-bond donors (Lipinski definition) is 1. The van der Waals surface area contributed by atoms with E-state index in [9.17, 15) is 0 Å². The van der Waals surface area contributed by atoms with Crippen LogP contribution in [0.25, 0.3) is 0 Å². The van der Waals surface area contributed by atoms with Crippen LogP contribution in [0.3, 0.4) is 0 Å². The molecule has 0 aliphatic carbocycles. The summed E-state index contributed by atoms with van der Waals surface area (Å²) in [5.41, 5.74) is 10.9. The third kappa shape index (κ3) is 3.07. The minimum atomic E-state index is -0.00157. The highest BCUT2D eigenvalue weighted by Crippen LogP contribution is 2.25. The van der Waals surface area contributed by atoms with Gasteiger partial charge in [-0.15, -0.1) is 0 Å². The Morgan fingerprint density at radius 3 is 2.47 bits per heavy atom. The molecule has 0 aliphatic heterocycles. The summed E-state index contributed by atoms with van der Waals surface area (Å²) < 4.78 is 3.10. The Morgan fingerprint density at radius 1 is 1.26 bits per heavy atom. The predicted octanol–water partition coefficient (Wildman–Crippen LogP) is 3.52. The van der Waals surface area contributed by atoms with Gasteiger partial charge in [-0.2, -0.15) is 5.10 Å². The molecule has 2 N–H and O–H groups in total. The normalized spacial score (nSPS) is 12.7. The number of aryl methyl sites for hydroxylation is 3. The summed E-state index contributed by atoms with van der Waals surface area (Å²) in [5, 5.41) is 4.50. The van der Waals surface area contributed by atoms with Gasteiger partial charge < -0.3 is 5.73 Å². The molecule has 1 unspecified atom stereocenters. The zero-order valence-corrected chi connectivity index (χ0v) is 13.2. The van der Waals surface area contributed by atoms with E-state index >= 15 is 0 Å². The van der Waals surface area contributed by atoms with Crippen LogP contribution in [-0.4, -0.2) is 9.78 Å². The van der Waals surface area contributed by atoms with Gasteiger partial charge in [0, 0.05) is 19.0 Å². The number of aromatic nitrogens is 2. The fourth-order valence-corrected chi connectivity index (χ4v) is 2.65. The highest BCUT2D eigenvalue weighted by atomic mass is 79.9. The van der Waals surface area contributed by atoms with Crippen molar-refractivity contribution in [2.24, 2.45) is 5.73 Å². The van der Waals surface area contributed by atoms with Crippen LogP contribution in [0.2, 0.25) is 0 Å². The van der Waals surface area contributed by atoms with Gasteiger partial charge in [0.25, 0.3) is 0 Å². The van der Waals surface area contributed by atoms with Crippen LogP contribution in [-0.2, 0) is 13.0 Å². The van der Waals surface area contributed by atoms with E-state index in [1.807, 2.05) is 11.6 Å². The molecule has 0 saturated heterocycles. The van der Waals surface area contributed by atoms with Crippen molar-refractivity contribution in [1.82, 2.24) is 9.78 Å². The van der Waals surface area contributed by atoms with Crippen molar-refractivity contribution in [2.45, 2.75) is 39.8 Å². The topological polar surface area (TPSA) is 43.8 Å². The summed E-state index contributed by atoms with van der Waals surface area (Å²) in [5.74, 6) is 0. The van der Waals surface area contributed by atoms with E-state index in [0.717, 1.165) is 23.1 Å². The second-order valence-electron chi connectivity index (χ2n) is 4.88. The Hall–Kier alpha value is -1.13. The summed E-state index contributed by atoms with van der Waals surface area (Å²) in [6.45, 7) is 7.06. The average molecular weight is 322 g/mol. The largest absolute Gasteiger partial charge is 0.324 e. The van der Waals surface area contributed by atoms with Gasteiger partial charge in [0.05, 0.1) is 15.9 Å². The summed E-state index contributed by atoms with van der Waals surface area (Å²) >= 11 is 3.62. The van der Waals surface area contributed by atoms with Crippen LogP contribution >= 0.6 is 15.9 Å². The molecule has 3 nitrogen and oxygen atoms in total. The fraction of sp³-hybridized carbons (Fsp3) is 0.400. The molecule has 2 aromatic rings. The Morgan fingerprint density at radius 2 is 1.89 bits per heavy atom. The molecule has 0 saturated carbocycles. The van der Waals surface area contributed by atoms with Gasteiger partial charge in [-0.3, -0.25) is 4.68 Å². The van der Waals surface area contributed by atoms with E-state index < -0.39 is 0 Å². The quantitative estimate of drug-likeness (QED) is 0.936. The molecule has 19 heavy (non-hydrogen) atoms. The minimum absolute atomic E-state index is 0.00157. The second-order valence-corrected chi connectivity index (χ2v) is 5.68. The molecule has 1 atom stereocenters. The van der Waals surface area contributed by atoms with E-state index in [1.54, 1.807) is 0 Å². The van der Waals surface area contributed by atoms with Gasteiger partial charge in [-0.1, -0.05) is 29.8 Å². The molecule has 1 aromatic carbocycles. The summed E-state index contributed by atoms with van der Waals surface area (Å²) in [6, 6.07) is 8.42. The fourth-order valence-electron chi connectivity index (χ4n) is 2.20. The van der Waals surface area contributed by atoms with Crippen molar-refractivity contribution in [1.29, 1.82) is 0 Å². The van der Waals surface area contributed by atoms with E-state index in [2.05, 4.69) is 59.1 Å². The highest BCUT2D eigenvalue weighted by molar-refractivity contribution is 9.10. The van der Waals surface area contributed by atoms with Gasteiger partial charge in [0.15, 0.2) is 0 Å². The molecule has 0 bridgehead atoms. The zero-order chi connectivity index (χ0) is 14.0. The maximum absolute atomic E-state index is 6.32. The van der Waals surface area contributed by atoms with Crippen LogP contribution in [0.1, 0.15) is 35.5 Å². The Kier molecular flexibility index (Phi) is 4.42. The minimum Gasteiger partial charge on any atom is -0.324 e. The van der Waals surface area contributed by atoms with Gasteiger partial charge in [0.2, 0.25) is 0 Å². The van der Waals surface area contributed by atoms with E-state index in [-0.39, 0.29) is 6.04 Å². The molecule has 4 heteroatoms. The lowest BCUT2D eigenvalue weighted by molar-refractivity contribution is 0.586. The van der Waals surface area contributed by atoms with Gasteiger partial charge in [-0.25, -0.2) is 0 Å². The lowest BCUT2D eigenvalue weighted by Crippen LogP contribution is -2.16. The van der Waals surface area contributed by atoms with E-state index in [0.29, 0.717) is 0 Å². The van der Waals surface area contributed by atoms with Crippen LogP contribution in [0.15, 0.2) is 28.7 Å². The van der Waals surface area contributed by atoms with Crippen LogP contribution in [0.4, 0.5) is 0 Å². The molecule has 2 rings (SSSR count). The number of benzene rings is 1. The summed E-state index contributed by atoms with van der Waals surface area (Å²) in [4.78, 5) is 0. The van der Waals surface area contributed by atoms with Crippen LogP contribution in [0.5, 0.6) is 0 Å². The standard InChI is InChI=1S/C15H20BrN3/c1-4-19-14(15(16)11(3)18-19)9-13(17)12-7-5-10(2)6-8-12/h5-8,13H,4,9,17H2,1-3H3. The lowest BCUT2D eigenvalue weighted by Gasteiger charge is -2.14. The van der Waals surface area contributed by atoms with Crippen molar-refractivity contribution < 1.29 is 0 Å². The van der Waals surface area contributed by atoms with E-state index in [4.69, 9.17) is 5.73 Å². The monoisotopic (exact) mass is 321 g/mol. The SMILES string of the molecule is CCn1nc(C)c(Br)c1CC(N)c1ccc(C)cc1. The summed E-state index contributed by atoms with van der Waals surface area (Å²) in [6.07, 6.45) is 0.790. The first-order valence-electron chi connectivity index (χ1n) is 6.56. The lowest BCUT2D eigenvalue weighted by atomic mass is 10.0. The van der Waals surface area contributed by atoms with Crippen molar-refractivity contribution in [2.75, 3.05) is 0 Å². The van der Waals surface area contributed by atoms with Gasteiger partial charge in [0.1, 0.15) is 0 Å². The Balaban J connectivity index is 2.23. The number of halogens is 1. The van der Waals surface area contributed by atoms with Crippen molar-refractivity contribution in [3.8, 4) is 0 Å². The van der Waals surface area contributed by atoms with Crippen molar-refractivity contribution >= 4 is 15.9 Å². The average Bonchev–Trinajstić information content (AvgIpc) is 2.67. The molecule has 0 aliphatic rings. The first-order valence-corrected chi connectivity index (χ1v) is 7.36. The van der Waals surface area contributed by atoms with Crippen molar-refractivity contribution in [3.63, 3.8) is 0 Å². The van der Waals surface area contributed by atoms with E-state index in [1.165, 1.54) is 16.8 Å². The number of nitrogens with zero attached hydrogens (tertiary/aromatic N) is 2. The molecular weight excluding hydrogens is 302 g/mol. The maximum atomic E-state index is 6.32. The Labute approximate surface area is 122 Å². The third-order valence-electron chi connectivity index (χ3n) is 3.37. The number of nitrogens with two attached hydrogens (primary N) is 1. The third-order valence-corrected chi connectivity index (χ3v) is 4.40. The zero-order valence-electron chi connectivity index (χ0n) is 11.7. The molecule has 102 valence electrons. The second kappa shape index (κ2) is 5.88. The van der Waals surface area contributed by atoms with Crippen LogP contribution < -0.4 is 5.73 Å². The molecule has 0 amide bonds. The first-order chi connectivity index (χ1) is 9.02. The number of rotatable bonds is 4. The van der Waals surface area contributed by atoms with Crippen LogP contribution in [0, 0.1) is 13.8 Å². The van der Waals surface area contributed by atoms with Crippen molar-refractivity contribution in [3.05, 3.63) is 51.3 Å². The first kappa shape index (κ1) is 14.3. The Bertz CT molecular complexity index is 558. The summed E-state index contributed by atoms with van der Waals surface area (Å²) in [7, 11) is 0. The molecule has 1 heterocycles. The molecular formula is C15H20BrN3. The number of hydrogen-bond acceptors (Lipinski definition) is 2. The predicted molar refractivity (Wildman–Crippen MR) is 82.1 cm³/mol. The maximum Gasteiger partial charge on any atom is 0.0738 e. The highest BCUT2D eigenvalue weighted by Gasteiger charge is 2.16. The smallest absolute Gasteiger partial charge is 0.0738 e. The van der Waals surface area contributed by atoms with Gasteiger partial charge >= 0.3 is 0 Å².